The lowest BCUT2D eigenvalue weighted by Crippen LogP contribution is -1.99. The van der Waals surface area contributed by atoms with Gasteiger partial charge in [-0.1, -0.05) is 6.07 Å². The average molecular weight is 259 g/mol. The van der Waals surface area contributed by atoms with E-state index in [1.165, 1.54) is 24.7 Å². The second-order valence-electron chi connectivity index (χ2n) is 3.87. The van der Waals surface area contributed by atoms with Gasteiger partial charge in [0, 0.05) is 18.9 Å². The maximum absolute atomic E-state index is 13.8. The number of fused-ring (bicyclic) bond motifs is 1. The van der Waals surface area contributed by atoms with Crippen molar-refractivity contribution in [1.82, 2.24) is 19.6 Å². The summed E-state index contributed by atoms with van der Waals surface area (Å²) in [5.74, 6) is -0.230. The molecule has 0 fully saturated rings. The molecule has 0 saturated heterocycles. The minimum atomic E-state index is -0.494. The number of hydrogen-bond donors (Lipinski definition) is 1. The van der Waals surface area contributed by atoms with Gasteiger partial charge in [0.05, 0.1) is 0 Å². The highest BCUT2D eigenvalue weighted by molar-refractivity contribution is 5.49. The Labute approximate surface area is 107 Å². The van der Waals surface area contributed by atoms with Crippen LogP contribution in [0.15, 0.2) is 36.9 Å². The molecule has 0 aliphatic carbocycles. The highest BCUT2D eigenvalue weighted by atomic mass is 19.1. The van der Waals surface area contributed by atoms with E-state index in [1.807, 2.05) is 0 Å². The van der Waals surface area contributed by atoms with Gasteiger partial charge < -0.3 is 10.5 Å². The van der Waals surface area contributed by atoms with Crippen LogP contribution in [-0.4, -0.2) is 19.6 Å². The Morgan fingerprint density at radius 2 is 2.26 bits per heavy atom. The number of nitrogens with zero attached hydrogens (tertiary/aromatic N) is 4. The van der Waals surface area contributed by atoms with Gasteiger partial charge in [-0.25, -0.2) is 9.37 Å². The van der Waals surface area contributed by atoms with Crippen molar-refractivity contribution < 1.29 is 9.13 Å². The van der Waals surface area contributed by atoms with E-state index in [0.717, 1.165) is 0 Å². The molecule has 0 aliphatic heterocycles. The molecule has 0 spiro atoms. The molecule has 19 heavy (non-hydrogen) atoms. The van der Waals surface area contributed by atoms with Crippen molar-refractivity contribution >= 4 is 5.65 Å². The van der Waals surface area contributed by atoms with E-state index in [2.05, 4.69) is 15.2 Å². The van der Waals surface area contributed by atoms with Gasteiger partial charge in [-0.3, -0.25) is 4.40 Å². The van der Waals surface area contributed by atoms with Crippen molar-refractivity contribution in [2.24, 2.45) is 5.73 Å². The van der Waals surface area contributed by atoms with E-state index in [9.17, 15) is 4.39 Å². The third-order valence-corrected chi connectivity index (χ3v) is 2.62. The summed E-state index contributed by atoms with van der Waals surface area (Å²) in [7, 11) is 0. The lowest BCUT2D eigenvalue weighted by molar-refractivity contribution is 0.428. The number of nitrogens with two attached hydrogens (primary N) is 1. The van der Waals surface area contributed by atoms with Crippen LogP contribution in [0, 0.1) is 5.82 Å². The van der Waals surface area contributed by atoms with E-state index in [1.54, 1.807) is 16.7 Å². The molecule has 96 valence electrons. The van der Waals surface area contributed by atoms with Gasteiger partial charge in [0.1, 0.15) is 6.33 Å². The third-order valence-electron chi connectivity index (χ3n) is 2.62. The lowest BCUT2D eigenvalue weighted by atomic mass is 10.2. The minimum absolute atomic E-state index is 0.0702. The zero-order chi connectivity index (χ0) is 13.2. The smallest absolute Gasteiger partial charge is 0.265 e. The molecule has 0 aliphatic rings. The summed E-state index contributed by atoms with van der Waals surface area (Å²) >= 11 is 0. The summed E-state index contributed by atoms with van der Waals surface area (Å²) < 4.78 is 20.9. The molecule has 6 nitrogen and oxygen atoms in total. The molecule has 3 rings (SSSR count). The van der Waals surface area contributed by atoms with E-state index < -0.39 is 5.82 Å². The monoisotopic (exact) mass is 259 g/mol. The topological polar surface area (TPSA) is 78.3 Å². The average Bonchev–Trinajstić information content (AvgIpc) is 2.90. The van der Waals surface area contributed by atoms with E-state index >= 15 is 0 Å². The standard InChI is InChI=1S/C12H10FN5O/c13-9-5-8(6-14)1-2-10(9)19-12-11-17-16-7-18(11)4-3-15-12/h1-5,7H,6,14H2. The number of halogens is 1. The molecule has 0 bridgehead atoms. The molecular weight excluding hydrogens is 249 g/mol. The molecule has 7 heteroatoms. The van der Waals surface area contributed by atoms with Gasteiger partial charge >= 0.3 is 0 Å². The van der Waals surface area contributed by atoms with E-state index in [-0.39, 0.29) is 18.2 Å². The molecular formula is C12H10FN5O. The lowest BCUT2D eigenvalue weighted by Gasteiger charge is -2.07. The summed E-state index contributed by atoms with van der Waals surface area (Å²) in [6, 6.07) is 4.54. The summed E-state index contributed by atoms with van der Waals surface area (Å²) in [6.45, 7) is 0.273. The molecule has 0 amide bonds. The Morgan fingerprint density at radius 3 is 3.05 bits per heavy atom. The van der Waals surface area contributed by atoms with Crippen LogP contribution in [0.3, 0.4) is 0 Å². The summed E-state index contributed by atoms with van der Waals surface area (Å²) in [6.07, 6.45) is 4.71. The maximum Gasteiger partial charge on any atom is 0.265 e. The van der Waals surface area contributed by atoms with Crippen LogP contribution in [0.2, 0.25) is 0 Å². The molecule has 2 heterocycles. The summed E-state index contributed by atoms with van der Waals surface area (Å²) in [5, 5.41) is 7.60. The quantitative estimate of drug-likeness (QED) is 0.771. The number of benzene rings is 1. The van der Waals surface area contributed by atoms with E-state index in [4.69, 9.17) is 10.5 Å². The third kappa shape index (κ3) is 2.11. The van der Waals surface area contributed by atoms with Gasteiger partial charge in [-0.2, -0.15) is 0 Å². The minimum Gasteiger partial charge on any atom is -0.433 e. The number of rotatable bonds is 3. The zero-order valence-electron chi connectivity index (χ0n) is 9.82. The second-order valence-corrected chi connectivity index (χ2v) is 3.87. The molecule has 2 N–H and O–H groups in total. The van der Waals surface area contributed by atoms with Gasteiger partial charge in [-0.05, 0) is 17.7 Å². The largest absolute Gasteiger partial charge is 0.433 e. The van der Waals surface area contributed by atoms with Crippen molar-refractivity contribution in [2.45, 2.75) is 6.54 Å². The molecule has 2 aromatic heterocycles. The number of aromatic nitrogens is 4. The number of hydrogen-bond acceptors (Lipinski definition) is 5. The Hall–Kier alpha value is -2.54. The molecule has 1 aromatic carbocycles. The predicted octanol–water partition coefficient (Wildman–Crippen LogP) is 1.51. The van der Waals surface area contributed by atoms with Crippen molar-refractivity contribution in [3.63, 3.8) is 0 Å². The Morgan fingerprint density at radius 1 is 1.37 bits per heavy atom. The van der Waals surface area contributed by atoms with Crippen molar-refractivity contribution in [1.29, 1.82) is 0 Å². The van der Waals surface area contributed by atoms with Gasteiger partial charge in [0.15, 0.2) is 11.6 Å². The van der Waals surface area contributed by atoms with Crippen LogP contribution in [0.4, 0.5) is 4.39 Å². The van der Waals surface area contributed by atoms with Crippen LogP contribution < -0.4 is 10.5 Å². The molecule has 0 atom stereocenters. The molecule has 0 radical (unpaired) electrons. The van der Waals surface area contributed by atoms with Crippen LogP contribution in [0.25, 0.3) is 5.65 Å². The highest BCUT2D eigenvalue weighted by Crippen LogP contribution is 2.25. The first-order chi connectivity index (χ1) is 9.28. The first kappa shape index (κ1) is 11.5. The molecule has 3 aromatic rings. The first-order valence-electron chi connectivity index (χ1n) is 5.58. The summed E-state index contributed by atoms with van der Waals surface area (Å²) in [4.78, 5) is 4.02. The van der Waals surface area contributed by atoms with Crippen molar-refractivity contribution in [2.75, 3.05) is 0 Å². The van der Waals surface area contributed by atoms with Crippen LogP contribution in [0.5, 0.6) is 11.6 Å². The van der Waals surface area contributed by atoms with Gasteiger partial charge in [0.2, 0.25) is 5.65 Å². The highest BCUT2D eigenvalue weighted by Gasteiger charge is 2.11. The van der Waals surface area contributed by atoms with Crippen LogP contribution in [-0.2, 0) is 6.54 Å². The summed E-state index contributed by atoms with van der Waals surface area (Å²) in [5.41, 5.74) is 6.55. The zero-order valence-corrected chi connectivity index (χ0v) is 9.82. The fourth-order valence-corrected chi connectivity index (χ4v) is 1.67. The van der Waals surface area contributed by atoms with Crippen molar-refractivity contribution in [3.05, 3.63) is 48.3 Å². The maximum atomic E-state index is 13.8. The van der Waals surface area contributed by atoms with Gasteiger partial charge in [0.25, 0.3) is 5.88 Å². The Kier molecular flexibility index (Phi) is 2.81. The van der Waals surface area contributed by atoms with Crippen LogP contribution in [0.1, 0.15) is 5.56 Å². The Balaban J connectivity index is 1.99. The fourth-order valence-electron chi connectivity index (χ4n) is 1.67. The Bertz CT molecular complexity index is 727. The molecule has 0 unspecified atom stereocenters. The molecule has 0 saturated carbocycles. The fraction of sp³-hybridized carbons (Fsp3) is 0.0833. The normalized spacial score (nSPS) is 10.8. The van der Waals surface area contributed by atoms with Crippen LogP contribution >= 0.6 is 0 Å². The van der Waals surface area contributed by atoms with Crippen molar-refractivity contribution in [3.8, 4) is 11.6 Å². The van der Waals surface area contributed by atoms with Gasteiger partial charge in [-0.15, -0.1) is 10.2 Å². The van der Waals surface area contributed by atoms with E-state index in [0.29, 0.717) is 11.2 Å². The first-order valence-corrected chi connectivity index (χ1v) is 5.58. The second kappa shape index (κ2) is 4.62. The SMILES string of the molecule is NCc1ccc(Oc2nccn3cnnc23)c(F)c1. The number of ether oxygens (including phenoxy) is 1. The predicted molar refractivity (Wildman–Crippen MR) is 65.1 cm³/mol.